The molecule has 1 aliphatic carbocycles. The molecule has 0 aliphatic heterocycles. The first kappa shape index (κ1) is 14.5. The van der Waals surface area contributed by atoms with Gasteiger partial charge < -0.3 is 15.4 Å². The summed E-state index contributed by atoms with van der Waals surface area (Å²) < 4.78 is 6.35. The van der Waals surface area contributed by atoms with Crippen LogP contribution in [0.4, 0.5) is 11.6 Å². The maximum atomic E-state index is 5.47. The van der Waals surface area contributed by atoms with Crippen molar-refractivity contribution in [2.24, 2.45) is 5.41 Å². The molecule has 1 aliphatic rings. The number of halogens is 1. The molecule has 0 amide bonds. The molecule has 1 fully saturated rings. The van der Waals surface area contributed by atoms with E-state index in [9.17, 15) is 0 Å². The van der Waals surface area contributed by atoms with E-state index in [4.69, 9.17) is 4.74 Å². The molecule has 0 spiro atoms. The molecule has 19 heavy (non-hydrogen) atoms. The minimum Gasteiger partial charge on any atom is -0.381 e. The molecule has 2 atom stereocenters. The van der Waals surface area contributed by atoms with Crippen LogP contribution in [0.25, 0.3) is 0 Å². The van der Waals surface area contributed by atoms with Crippen molar-refractivity contribution >= 4 is 27.6 Å². The highest BCUT2D eigenvalue weighted by atomic mass is 79.9. The Hall–Kier alpha value is -0.880. The number of hydrogen-bond acceptors (Lipinski definition) is 5. The van der Waals surface area contributed by atoms with Crippen molar-refractivity contribution in [1.29, 1.82) is 0 Å². The second-order valence-electron chi connectivity index (χ2n) is 5.39. The largest absolute Gasteiger partial charge is 0.381 e. The third kappa shape index (κ3) is 2.69. The topological polar surface area (TPSA) is 59.1 Å². The van der Waals surface area contributed by atoms with Crippen LogP contribution < -0.4 is 10.6 Å². The molecule has 1 heterocycles. The van der Waals surface area contributed by atoms with E-state index in [1.165, 1.54) is 0 Å². The number of nitrogens with one attached hydrogen (secondary N) is 2. The molecular weight excluding hydrogens is 308 g/mol. The number of hydrogen-bond donors (Lipinski definition) is 2. The Morgan fingerprint density at radius 3 is 2.68 bits per heavy atom. The zero-order chi connectivity index (χ0) is 14.0. The molecule has 5 nitrogen and oxygen atoms in total. The fourth-order valence-corrected chi connectivity index (χ4v) is 2.92. The van der Waals surface area contributed by atoms with Gasteiger partial charge in [0, 0.05) is 25.1 Å². The molecule has 0 radical (unpaired) electrons. The number of nitrogens with zero attached hydrogens (tertiary/aromatic N) is 2. The molecule has 2 rings (SSSR count). The predicted molar refractivity (Wildman–Crippen MR) is 80.5 cm³/mol. The number of anilines is 2. The van der Waals surface area contributed by atoms with Crippen LogP contribution in [0.1, 0.15) is 27.2 Å². The van der Waals surface area contributed by atoms with Crippen LogP contribution in [0.3, 0.4) is 0 Å². The summed E-state index contributed by atoms with van der Waals surface area (Å²) in [5.41, 5.74) is 0.109. The van der Waals surface area contributed by atoms with Gasteiger partial charge in [-0.15, -0.1) is 0 Å². The number of aromatic nitrogens is 2. The SMILES string of the molecule is CCNc1ncnc(NC2CC(OC)C2(C)C)c1Br. The smallest absolute Gasteiger partial charge is 0.146 e. The van der Waals surface area contributed by atoms with E-state index in [-0.39, 0.29) is 5.41 Å². The molecule has 0 aromatic carbocycles. The second kappa shape index (κ2) is 5.63. The van der Waals surface area contributed by atoms with Gasteiger partial charge in [-0.2, -0.15) is 0 Å². The Balaban J connectivity index is 2.10. The van der Waals surface area contributed by atoms with Gasteiger partial charge in [-0.1, -0.05) is 13.8 Å². The third-order valence-corrected chi connectivity index (χ3v) is 4.66. The van der Waals surface area contributed by atoms with Crippen molar-refractivity contribution in [1.82, 2.24) is 9.97 Å². The van der Waals surface area contributed by atoms with E-state index < -0.39 is 0 Å². The van der Waals surface area contributed by atoms with Crippen LogP contribution in [-0.4, -0.2) is 35.8 Å². The summed E-state index contributed by atoms with van der Waals surface area (Å²) in [7, 11) is 1.77. The Labute approximate surface area is 122 Å². The molecule has 106 valence electrons. The molecule has 0 bridgehead atoms. The highest BCUT2D eigenvalue weighted by Gasteiger charge is 2.48. The lowest BCUT2D eigenvalue weighted by Crippen LogP contribution is -2.57. The van der Waals surface area contributed by atoms with Crippen LogP contribution >= 0.6 is 15.9 Å². The van der Waals surface area contributed by atoms with Gasteiger partial charge in [-0.3, -0.25) is 0 Å². The molecule has 1 saturated carbocycles. The van der Waals surface area contributed by atoms with Gasteiger partial charge in [0.2, 0.25) is 0 Å². The molecular formula is C13H21BrN4O. The van der Waals surface area contributed by atoms with Gasteiger partial charge in [0.15, 0.2) is 0 Å². The van der Waals surface area contributed by atoms with Gasteiger partial charge in [-0.25, -0.2) is 9.97 Å². The second-order valence-corrected chi connectivity index (χ2v) is 6.19. The minimum atomic E-state index is 0.109. The zero-order valence-corrected chi connectivity index (χ0v) is 13.4. The van der Waals surface area contributed by atoms with E-state index in [1.807, 2.05) is 6.92 Å². The average molecular weight is 329 g/mol. The van der Waals surface area contributed by atoms with Crippen LogP contribution in [-0.2, 0) is 4.74 Å². The first-order chi connectivity index (χ1) is 9.00. The van der Waals surface area contributed by atoms with E-state index in [1.54, 1.807) is 13.4 Å². The van der Waals surface area contributed by atoms with Gasteiger partial charge in [-0.05, 0) is 29.3 Å². The fourth-order valence-electron chi connectivity index (χ4n) is 2.46. The lowest BCUT2D eigenvalue weighted by Gasteiger charge is -2.51. The van der Waals surface area contributed by atoms with Gasteiger partial charge in [0.25, 0.3) is 0 Å². The summed E-state index contributed by atoms with van der Waals surface area (Å²) in [6.45, 7) is 7.29. The lowest BCUT2D eigenvalue weighted by molar-refractivity contribution is -0.0795. The van der Waals surface area contributed by atoms with Crippen molar-refractivity contribution < 1.29 is 4.74 Å². The standard InChI is InChI=1S/C13H21BrN4O/c1-5-15-11-10(14)12(17-7-16-11)18-8-6-9(19-4)13(8,2)3/h7-9H,5-6H2,1-4H3,(H2,15,16,17,18). The van der Waals surface area contributed by atoms with Crippen LogP contribution in [0.15, 0.2) is 10.8 Å². The van der Waals surface area contributed by atoms with E-state index in [2.05, 4.69) is 50.4 Å². The normalized spacial score (nSPS) is 24.7. The van der Waals surface area contributed by atoms with E-state index in [0.717, 1.165) is 29.1 Å². The maximum Gasteiger partial charge on any atom is 0.146 e. The van der Waals surface area contributed by atoms with Crippen molar-refractivity contribution in [2.45, 2.75) is 39.3 Å². The monoisotopic (exact) mass is 328 g/mol. The summed E-state index contributed by atoms with van der Waals surface area (Å²) in [5, 5.41) is 6.69. The lowest BCUT2D eigenvalue weighted by atomic mass is 9.64. The summed E-state index contributed by atoms with van der Waals surface area (Å²) in [6, 6.07) is 0.359. The van der Waals surface area contributed by atoms with Gasteiger partial charge in [0.1, 0.15) is 22.4 Å². The molecule has 2 N–H and O–H groups in total. The number of ether oxygens (including phenoxy) is 1. The Bertz CT molecular complexity index is 452. The molecule has 1 aromatic rings. The van der Waals surface area contributed by atoms with Gasteiger partial charge >= 0.3 is 0 Å². The highest BCUT2D eigenvalue weighted by molar-refractivity contribution is 9.10. The first-order valence-electron chi connectivity index (χ1n) is 6.54. The van der Waals surface area contributed by atoms with Crippen molar-refractivity contribution in [3.05, 3.63) is 10.8 Å². The van der Waals surface area contributed by atoms with E-state index >= 15 is 0 Å². The van der Waals surface area contributed by atoms with E-state index in [0.29, 0.717) is 12.1 Å². The van der Waals surface area contributed by atoms with Crippen LogP contribution in [0.5, 0.6) is 0 Å². The average Bonchev–Trinajstić information content (AvgIpc) is 2.38. The van der Waals surface area contributed by atoms with Crippen molar-refractivity contribution in [2.75, 3.05) is 24.3 Å². The molecule has 0 saturated heterocycles. The maximum absolute atomic E-state index is 5.47. The summed E-state index contributed by atoms with van der Waals surface area (Å²) in [6.07, 6.45) is 2.87. The minimum absolute atomic E-state index is 0.109. The number of rotatable bonds is 5. The fraction of sp³-hybridized carbons (Fsp3) is 0.692. The van der Waals surface area contributed by atoms with Crippen molar-refractivity contribution in [3.8, 4) is 0 Å². The van der Waals surface area contributed by atoms with Crippen LogP contribution in [0.2, 0.25) is 0 Å². The number of methoxy groups -OCH3 is 1. The first-order valence-corrected chi connectivity index (χ1v) is 7.33. The third-order valence-electron chi connectivity index (χ3n) is 3.91. The molecule has 1 aromatic heterocycles. The molecule has 6 heteroatoms. The highest BCUT2D eigenvalue weighted by Crippen LogP contribution is 2.44. The predicted octanol–water partition coefficient (Wildman–Crippen LogP) is 2.90. The van der Waals surface area contributed by atoms with Crippen molar-refractivity contribution in [3.63, 3.8) is 0 Å². The summed E-state index contributed by atoms with van der Waals surface area (Å²) in [5.74, 6) is 1.65. The zero-order valence-electron chi connectivity index (χ0n) is 11.8. The summed E-state index contributed by atoms with van der Waals surface area (Å²) >= 11 is 3.55. The molecule has 2 unspecified atom stereocenters. The quantitative estimate of drug-likeness (QED) is 0.870. The summed E-state index contributed by atoms with van der Waals surface area (Å²) in [4.78, 5) is 8.52. The Morgan fingerprint density at radius 1 is 1.42 bits per heavy atom. The van der Waals surface area contributed by atoms with Crippen LogP contribution in [0, 0.1) is 5.41 Å². The Morgan fingerprint density at radius 2 is 2.11 bits per heavy atom. The Kier molecular flexibility index (Phi) is 4.30. The van der Waals surface area contributed by atoms with Gasteiger partial charge in [0.05, 0.1) is 6.10 Å².